The molecule has 0 spiro atoms. The summed E-state index contributed by atoms with van der Waals surface area (Å²) in [5, 5.41) is 9.74. The first-order valence-electron chi connectivity index (χ1n) is 5.75. The average molecular weight is 343 g/mol. The Labute approximate surface area is 122 Å². The van der Waals surface area contributed by atoms with Crippen LogP contribution in [0.1, 0.15) is 35.0 Å². The number of carboxylic acids is 1. The van der Waals surface area contributed by atoms with E-state index in [2.05, 4.69) is 20.9 Å². The molecule has 2 aromatic rings. The highest BCUT2D eigenvalue weighted by molar-refractivity contribution is 9.10. The predicted molar refractivity (Wildman–Crippen MR) is 73.6 cm³/mol. The molecule has 0 radical (unpaired) electrons. The largest absolute Gasteiger partial charge is 0.475 e. The van der Waals surface area contributed by atoms with Gasteiger partial charge in [-0.05, 0) is 47.0 Å². The zero-order valence-corrected chi connectivity index (χ0v) is 12.0. The lowest BCUT2D eigenvalue weighted by atomic mass is 10.2. The standard InChI is InChI=1S/C13H9BrClNO3/c14-9-5-7(15)3-4-8(9)12-16-10(6-1-2-6)11(19-12)13(17)18/h3-6H,1-2H2,(H,17,18). The minimum Gasteiger partial charge on any atom is -0.475 e. The van der Waals surface area contributed by atoms with E-state index >= 15 is 0 Å². The molecule has 1 heterocycles. The number of aromatic carboxylic acids is 1. The quantitative estimate of drug-likeness (QED) is 0.901. The summed E-state index contributed by atoms with van der Waals surface area (Å²) < 4.78 is 6.12. The van der Waals surface area contributed by atoms with Crippen LogP contribution in [0.15, 0.2) is 27.1 Å². The molecule has 0 saturated heterocycles. The van der Waals surface area contributed by atoms with Crippen molar-refractivity contribution in [2.24, 2.45) is 0 Å². The number of hydrogen-bond donors (Lipinski definition) is 1. The Morgan fingerprint density at radius 2 is 2.21 bits per heavy atom. The van der Waals surface area contributed by atoms with Gasteiger partial charge in [0.2, 0.25) is 11.7 Å². The average Bonchev–Trinajstić information content (AvgIpc) is 3.09. The maximum atomic E-state index is 11.2. The fourth-order valence-corrected chi connectivity index (χ4v) is 2.75. The van der Waals surface area contributed by atoms with Gasteiger partial charge < -0.3 is 9.52 Å². The second-order valence-corrected chi connectivity index (χ2v) is 5.73. The van der Waals surface area contributed by atoms with Crippen LogP contribution in [0.5, 0.6) is 0 Å². The maximum Gasteiger partial charge on any atom is 0.373 e. The fraction of sp³-hybridized carbons (Fsp3) is 0.231. The van der Waals surface area contributed by atoms with Gasteiger partial charge in [0.25, 0.3) is 0 Å². The minimum atomic E-state index is -1.08. The SMILES string of the molecule is O=C(O)c1oc(-c2ccc(Cl)cc2Br)nc1C1CC1. The number of halogens is 2. The number of carboxylic acid groups (broad SMARTS) is 1. The molecule has 0 unspecified atom stereocenters. The Hall–Kier alpha value is -1.33. The van der Waals surface area contributed by atoms with Gasteiger partial charge in [-0.15, -0.1) is 0 Å². The Bertz CT molecular complexity index is 664. The summed E-state index contributed by atoms with van der Waals surface area (Å²) in [7, 11) is 0. The summed E-state index contributed by atoms with van der Waals surface area (Å²) in [5.74, 6) is -0.609. The lowest BCUT2D eigenvalue weighted by Crippen LogP contribution is -1.98. The van der Waals surface area contributed by atoms with Crippen molar-refractivity contribution in [3.8, 4) is 11.5 Å². The minimum absolute atomic E-state index is 0.0562. The number of oxazole rings is 1. The molecule has 6 heteroatoms. The highest BCUT2D eigenvalue weighted by Gasteiger charge is 2.33. The molecule has 1 aromatic heterocycles. The predicted octanol–water partition coefficient (Wildman–Crippen LogP) is 4.33. The van der Waals surface area contributed by atoms with Gasteiger partial charge in [0, 0.05) is 15.4 Å². The molecule has 98 valence electrons. The van der Waals surface area contributed by atoms with Gasteiger partial charge in [0.15, 0.2) is 0 Å². The summed E-state index contributed by atoms with van der Waals surface area (Å²) in [6.45, 7) is 0. The number of aromatic nitrogens is 1. The van der Waals surface area contributed by atoms with Crippen molar-refractivity contribution >= 4 is 33.5 Å². The highest BCUT2D eigenvalue weighted by atomic mass is 79.9. The lowest BCUT2D eigenvalue weighted by molar-refractivity contribution is 0.0661. The van der Waals surface area contributed by atoms with Crippen LogP contribution in [0.2, 0.25) is 5.02 Å². The summed E-state index contributed by atoms with van der Waals surface area (Å²) in [5.41, 5.74) is 1.24. The molecule has 4 nitrogen and oxygen atoms in total. The van der Waals surface area contributed by atoms with Gasteiger partial charge in [-0.1, -0.05) is 11.6 Å². The Morgan fingerprint density at radius 1 is 1.47 bits per heavy atom. The van der Waals surface area contributed by atoms with Crippen molar-refractivity contribution in [3.05, 3.63) is 39.1 Å². The molecule has 1 aromatic carbocycles. The van der Waals surface area contributed by atoms with Gasteiger partial charge in [-0.3, -0.25) is 0 Å². The van der Waals surface area contributed by atoms with E-state index in [9.17, 15) is 4.79 Å². The normalized spacial score (nSPS) is 14.6. The molecule has 0 amide bonds. The number of carbonyl (C=O) groups is 1. The highest BCUT2D eigenvalue weighted by Crippen LogP contribution is 2.43. The van der Waals surface area contributed by atoms with Crippen molar-refractivity contribution in [2.75, 3.05) is 0 Å². The summed E-state index contributed by atoms with van der Waals surface area (Å²) in [4.78, 5) is 15.5. The van der Waals surface area contributed by atoms with Gasteiger partial charge in [-0.2, -0.15) is 0 Å². The van der Waals surface area contributed by atoms with E-state index in [1.165, 1.54) is 0 Å². The first-order valence-corrected chi connectivity index (χ1v) is 6.93. The molecule has 3 rings (SSSR count). The van der Waals surface area contributed by atoms with Crippen molar-refractivity contribution in [1.29, 1.82) is 0 Å². The van der Waals surface area contributed by atoms with Crippen molar-refractivity contribution < 1.29 is 14.3 Å². The molecule has 1 fully saturated rings. The van der Waals surface area contributed by atoms with Crippen LogP contribution < -0.4 is 0 Å². The van der Waals surface area contributed by atoms with Crippen LogP contribution in [0, 0.1) is 0 Å². The molecule has 1 N–H and O–H groups in total. The van der Waals surface area contributed by atoms with E-state index in [-0.39, 0.29) is 11.7 Å². The molecular weight excluding hydrogens is 334 g/mol. The third kappa shape index (κ3) is 2.40. The molecule has 1 saturated carbocycles. The van der Waals surface area contributed by atoms with Crippen molar-refractivity contribution in [3.63, 3.8) is 0 Å². The summed E-state index contributed by atoms with van der Waals surface area (Å²) in [6, 6.07) is 5.18. The van der Waals surface area contributed by atoms with Crippen molar-refractivity contribution in [1.82, 2.24) is 4.98 Å². The van der Waals surface area contributed by atoms with Crippen LogP contribution in [-0.2, 0) is 0 Å². The summed E-state index contributed by atoms with van der Waals surface area (Å²) >= 11 is 9.25. The van der Waals surface area contributed by atoms with E-state index in [0.717, 1.165) is 17.3 Å². The molecule has 0 aliphatic heterocycles. The number of nitrogens with zero attached hydrogens (tertiary/aromatic N) is 1. The van der Waals surface area contributed by atoms with Crippen LogP contribution in [0.3, 0.4) is 0 Å². The molecule has 19 heavy (non-hydrogen) atoms. The molecule has 1 aliphatic carbocycles. The monoisotopic (exact) mass is 341 g/mol. The van der Waals surface area contributed by atoms with Crippen molar-refractivity contribution in [2.45, 2.75) is 18.8 Å². The first kappa shape index (κ1) is 12.7. The zero-order chi connectivity index (χ0) is 13.6. The second kappa shape index (κ2) is 4.65. The maximum absolute atomic E-state index is 11.2. The molecule has 0 bridgehead atoms. The van der Waals surface area contributed by atoms with E-state index in [0.29, 0.717) is 22.2 Å². The van der Waals surface area contributed by atoms with Gasteiger partial charge in [0.05, 0.1) is 11.3 Å². The van der Waals surface area contributed by atoms with Gasteiger partial charge in [-0.25, -0.2) is 9.78 Å². The zero-order valence-electron chi connectivity index (χ0n) is 9.69. The van der Waals surface area contributed by atoms with Crippen LogP contribution in [0.25, 0.3) is 11.5 Å². The van der Waals surface area contributed by atoms with Crippen LogP contribution >= 0.6 is 27.5 Å². The van der Waals surface area contributed by atoms with E-state index in [4.69, 9.17) is 21.1 Å². The third-order valence-electron chi connectivity index (χ3n) is 2.97. The number of rotatable bonds is 3. The van der Waals surface area contributed by atoms with E-state index < -0.39 is 5.97 Å². The first-order chi connectivity index (χ1) is 9.06. The molecule has 1 aliphatic rings. The second-order valence-electron chi connectivity index (χ2n) is 4.44. The Balaban J connectivity index is 2.10. The third-order valence-corrected chi connectivity index (χ3v) is 3.86. The van der Waals surface area contributed by atoms with Crippen LogP contribution in [0.4, 0.5) is 0 Å². The number of hydrogen-bond acceptors (Lipinski definition) is 3. The fourth-order valence-electron chi connectivity index (χ4n) is 1.90. The Morgan fingerprint density at radius 3 is 2.79 bits per heavy atom. The number of benzene rings is 1. The smallest absolute Gasteiger partial charge is 0.373 e. The Kier molecular flexibility index (Phi) is 3.11. The van der Waals surface area contributed by atoms with Gasteiger partial charge in [0.1, 0.15) is 0 Å². The van der Waals surface area contributed by atoms with Gasteiger partial charge >= 0.3 is 5.97 Å². The molecule has 0 atom stereocenters. The van der Waals surface area contributed by atoms with E-state index in [1.54, 1.807) is 18.2 Å². The van der Waals surface area contributed by atoms with Crippen LogP contribution in [-0.4, -0.2) is 16.1 Å². The topological polar surface area (TPSA) is 63.3 Å². The summed E-state index contributed by atoms with van der Waals surface area (Å²) in [6.07, 6.45) is 1.93. The lowest BCUT2D eigenvalue weighted by Gasteiger charge is -1.99. The molecular formula is C13H9BrClNO3. The van der Waals surface area contributed by atoms with E-state index in [1.807, 2.05) is 0 Å².